The third-order valence-corrected chi connectivity index (χ3v) is 11.3. The third-order valence-electron chi connectivity index (χ3n) is 7.41. The smallest absolute Gasteiger partial charge is 0.316 e. The first-order valence-corrected chi connectivity index (χ1v) is 18.5. The fraction of sp³-hybridized carbons (Fsp3) is 0.242. The standard InChI is InChI=1S/C19H19ClN2O4S.C14H11ClN2O3S/c1-11-8-14(20)22-9-13(11)17-16(26-18(23)19(2,3)4)15-12(6-5-7-21-15)10-27(17,24)25;1-8-5-11(15)17-6-10(8)14-13(18)12-9(3-2-4-16-12)7-21(14,19)20/h5-9H,10H2,1-4H3;2-6,18H,7H2,1H3. The first-order chi connectivity index (χ1) is 22.4. The Morgan fingerprint density at radius 2 is 1.23 bits per heavy atom. The highest BCUT2D eigenvalue weighted by molar-refractivity contribution is 8.00. The lowest BCUT2D eigenvalue weighted by atomic mass is 9.97. The van der Waals surface area contributed by atoms with Gasteiger partial charge in [0, 0.05) is 35.9 Å². The van der Waals surface area contributed by atoms with Crippen LogP contribution in [0.15, 0.2) is 61.2 Å². The molecule has 0 aromatic carbocycles. The third kappa shape index (κ3) is 7.00. The summed E-state index contributed by atoms with van der Waals surface area (Å²) in [6.07, 6.45) is 5.78. The Bertz CT molecular complexity index is 2260. The monoisotopic (exact) mass is 728 g/mol. The number of aliphatic hydroxyl groups is 1. The van der Waals surface area contributed by atoms with Gasteiger partial charge in [-0.3, -0.25) is 14.8 Å². The van der Waals surface area contributed by atoms with Gasteiger partial charge in [0.25, 0.3) is 0 Å². The molecular weight excluding hydrogens is 699 g/mol. The van der Waals surface area contributed by atoms with Crippen LogP contribution in [-0.4, -0.2) is 47.8 Å². The Labute approximate surface area is 288 Å². The number of carbonyl (C=O) groups is 1. The number of hydrogen-bond donors (Lipinski definition) is 1. The van der Waals surface area contributed by atoms with Gasteiger partial charge < -0.3 is 9.84 Å². The molecule has 0 saturated heterocycles. The molecule has 0 radical (unpaired) electrons. The van der Waals surface area contributed by atoms with Gasteiger partial charge in [0.15, 0.2) is 31.2 Å². The number of carbonyl (C=O) groups excluding carboxylic acids is 1. The van der Waals surface area contributed by atoms with E-state index in [0.717, 1.165) is 0 Å². The number of ether oxygens (including phenoxy) is 1. The summed E-state index contributed by atoms with van der Waals surface area (Å²) in [7, 11) is -7.45. The molecule has 0 atom stereocenters. The maximum atomic E-state index is 13.1. The summed E-state index contributed by atoms with van der Waals surface area (Å²) in [6.45, 7) is 8.53. The molecular formula is C33H30Cl2N4O7S2. The normalized spacial score (nSPS) is 16.3. The van der Waals surface area contributed by atoms with E-state index in [9.17, 15) is 26.7 Å². The van der Waals surface area contributed by atoms with E-state index in [1.807, 2.05) is 0 Å². The molecule has 6 heterocycles. The molecule has 0 spiro atoms. The van der Waals surface area contributed by atoms with E-state index in [1.165, 1.54) is 24.8 Å². The minimum absolute atomic E-state index is 0.0657. The van der Waals surface area contributed by atoms with E-state index in [2.05, 4.69) is 19.9 Å². The zero-order valence-electron chi connectivity index (χ0n) is 26.4. The molecule has 0 fully saturated rings. The predicted molar refractivity (Wildman–Crippen MR) is 183 cm³/mol. The number of sulfone groups is 2. The molecule has 2 aliphatic rings. The van der Waals surface area contributed by atoms with Gasteiger partial charge in [0.05, 0.1) is 16.9 Å². The molecule has 4 aromatic rings. The fourth-order valence-corrected chi connectivity index (χ4v) is 8.94. The number of pyridine rings is 4. The van der Waals surface area contributed by atoms with Crippen LogP contribution in [-0.2, 0) is 40.7 Å². The number of hydrogen-bond acceptors (Lipinski definition) is 11. The molecule has 11 nitrogen and oxygen atoms in total. The van der Waals surface area contributed by atoms with E-state index in [0.29, 0.717) is 39.1 Å². The Morgan fingerprint density at radius 3 is 1.73 bits per heavy atom. The van der Waals surface area contributed by atoms with Crippen LogP contribution in [0.5, 0.6) is 0 Å². The highest BCUT2D eigenvalue weighted by atomic mass is 35.5. The van der Waals surface area contributed by atoms with Crippen molar-refractivity contribution in [1.29, 1.82) is 0 Å². The molecule has 1 N–H and O–H groups in total. The van der Waals surface area contributed by atoms with Crippen molar-refractivity contribution >= 4 is 70.2 Å². The summed E-state index contributed by atoms with van der Waals surface area (Å²) in [4.78, 5) is 28.6. The van der Waals surface area contributed by atoms with E-state index in [1.54, 1.807) is 71.0 Å². The predicted octanol–water partition coefficient (Wildman–Crippen LogP) is 6.53. The van der Waals surface area contributed by atoms with Gasteiger partial charge in [0.2, 0.25) is 0 Å². The number of fused-ring (bicyclic) bond motifs is 2. The minimum atomic E-state index is -3.79. The summed E-state index contributed by atoms with van der Waals surface area (Å²) in [6, 6.07) is 9.71. The summed E-state index contributed by atoms with van der Waals surface area (Å²) < 4.78 is 56.8. The van der Waals surface area contributed by atoms with E-state index in [-0.39, 0.29) is 48.8 Å². The summed E-state index contributed by atoms with van der Waals surface area (Å²) >= 11 is 11.7. The second-order valence-electron chi connectivity index (χ2n) is 12.2. The van der Waals surface area contributed by atoms with Crippen molar-refractivity contribution in [3.63, 3.8) is 0 Å². The molecule has 0 bridgehead atoms. The zero-order chi connectivity index (χ0) is 35.2. The second kappa shape index (κ2) is 13.0. The molecule has 4 aromatic heterocycles. The van der Waals surface area contributed by atoms with Crippen LogP contribution < -0.4 is 0 Å². The average molecular weight is 730 g/mol. The highest BCUT2D eigenvalue weighted by Crippen LogP contribution is 2.41. The molecule has 2 aliphatic heterocycles. The van der Waals surface area contributed by atoms with E-state index in [4.69, 9.17) is 27.9 Å². The maximum Gasteiger partial charge on any atom is 0.316 e. The Balaban J connectivity index is 0.000000194. The zero-order valence-corrected chi connectivity index (χ0v) is 29.6. The first-order valence-electron chi connectivity index (χ1n) is 14.4. The lowest BCUT2D eigenvalue weighted by Crippen LogP contribution is -2.26. The van der Waals surface area contributed by atoms with Crippen LogP contribution in [0.4, 0.5) is 0 Å². The molecule has 0 unspecified atom stereocenters. The van der Waals surface area contributed by atoms with Crippen molar-refractivity contribution in [2.45, 2.75) is 46.1 Å². The van der Waals surface area contributed by atoms with Crippen LogP contribution in [0.3, 0.4) is 0 Å². The average Bonchev–Trinajstić information content (AvgIpc) is 2.98. The van der Waals surface area contributed by atoms with Gasteiger partial charge in [0.1, 0.15) is 31.5 Å². The molecule has 0 amide bonds. The van der Waals surface area contributed by atoms with E-state index < -0.39 is 31.1 Å². The first kappa shape index (κ1) is 35.1. The lowest BCUT2D eigenvalue weighted by molar-refractivity contribution is -0.145. The fourth-order valence-electron chi connectivity index (χ4n) is 5.03. The highest BCUT2D eigenvalue weighted by Gasteiger charge is 2.38. The van der Waals surface area contributed by atoms with Crippen molar-refractivity contribution in [3.05, 3.63) is 116 Å². The van der Waals surface area contributed by atoms with Crippen LogP contribution >= 0.6 is 23.2 Å². The maximum absolute atomic E-state index is 13.1. The van der Waals surface area contributed by atoms with Gasteiger partial charge in [-0.15, -0.1) is 0 Å². The van der Waals surface area contributed by atoms with Crippen molar-refractivity contribution in [3.8, 4) is 0 Å². The van der Waals surface area contributed by atoms with Gasteiger partial charge in [-0.25, -0.2) is 26.8 Å². The summed E-state index contributed by atoms with van der Waals surface area (Å²) in [5.74, 6) is -1.39. The number of aromatic nitrogens is 4. The second-order valence-corrected chi connectivity index (χ2v) is 16.8. The SMILES string of the molecule is Cc1cc(Cl)ncc1C1=C(O)c2ncccc2CS1(=O)=O.Cc1cc(Cl)ncc1C1=C(OC(=O)C(C)(C)C)c2ncccc2CS1(=O)=O. The number of nitrogens with zero attached hydrogens (tertiary/aromatic N) is 4. The number of aliphatic hydroxyl groups excluding tert-OH is 1. The molecule has 48 heavy (non-hydrogen) atoms. The van der Waals surface area contributed by atoms with Gasteiger partial charge in [-0.1, -0.05) is 35.3 Å². The molecule has 0 saturated carbocycles. The minimum Gasteiger partial charge on any atom is -0.504 e. The van der Waals surface area contributed by atoms with Crippen LogP contribution in [0, 0.1) is 19.3 Å². The molecule has 15 heteroatoms. The van der Waals surface area contributed by atoms with Gasteiger partial charge >= 0.3 is 5.97 Å². The van der Waals surface area contributed by atoms with Gasteiger partial charge in [-0.2, -0.15) is 0 Å². The van der Waals surface area contributed by atoms with Crippen molar-refractivity contribution < 1.29 is 31.5 Å². The Morgan fingerprint density at radius 1 is 0.771 bits per heavy atom. The topological polar surface area (TPSA) is 166 Å². The lowest BCUT2D eigenvalue weighted by Gasteiger charge is -2.25. The Hall–Kier alpha value is -4.17. The van der Waals surface area contributed by atoms with Crippen molar-refractivity contribution in [2.24, 2.45) is 5.41 Å². The van der Waals surface area contributed by atoms with Crippen LogP contribution in [0.25, 0.3) is 21.3 Å². The Kier molecular flexibility index (Phi) is 9.54. The quantitative estimate of drug-likeness (QED) is 0.180. The molecule has 6 rings (SSSR count). The van der Waals surface area contributed by atoms with Gasteiger partial charge in [-0.05, 0) is 81.1 Å². The van der Waals surface area contributed by atoms with Crippen molar-refractivity contribution in [1.82, 2.24) is 19.9 Å². The largest absolute Gasteiger partial charge is 0.504 e. The van der Waals surface area contributed by atoms with Crippen LogP contribution in [0.2, 0.25) is 10.3 Å². The number of esters is 1. The number of halogens is 2. The number of aryl methyl sites for hydroxylation is 2. The van der Waals surface area contributed by atoms with Crippen molar-refractivity contribution in [2.75, 3.05) is 0 Å². The number of rotatable bonds is 3. The van der Waals surface area contributed by atoms with E-state index >= 15 is 0 Å². The van der Waals surface area contributed by atoms with Crippen LogP contribution in [0.1, 0.15) is 65.5 Å². The molecule has 0 aliphatic carbocycles. The molecule has 250 valence electrons. The summed E-state index contributed by atoms with van der Waals surface area (Å²) in [5.41, 5.74) is 2.70. The summed E-state index contributed by atoms with van der Waals surface area (Å²) in [5, 5.41) is 10.9.